The standard InChI is InChI=1S/C30H41NO6S/c1-7-9-20-27(34)17(2)10-8-13-30(6)25(37-30)15-22(19-11-12-23-21(14-19)31-18(3)38-23)36-26(33)16-24(32)29(4,5)28(20)35/h7,11-12,14,17,20,22,24-25,27,32,34H,1,8-10,13,15-16H2,2-6H3/t17-,20+,22-,24-,25?,27-,30?/m0/s1. The molecule has 2 aliphatic heterocycles. The number of aromatic nitrogens is 1. The molecule has 0 radical (unpaired) electrons. The fraction of sp³-hybridized carbons (Fsp3) is 0.633. The largest absolute Gasteiger partial charge is 0.457 e. The number of epoxide rings is 1. The van der Waals surface area contributed by atoms with Crippen LogP contribution in [0.2, 0.25) is 0 Å². The summed E-state index contributed by atoms with van der Waals surface area (Å²) in [6.45, 7) is 13.0. The van der Waals surface area contributed by atoms with E-state index in [1.807, 2.05) is 32.0 Å². The number of rotatable bonds is 3. The Morgan fingerprint density at radius 1 is 1.24 bits per heavy atom. The van der Waals surface area contributed by atoms with Crippen molar-refractivity contribution in [2.75, 3.05) is 0 Å². The third kappa shape index (κ3) is 6.03. The van der Waals surface area contributed by atoms with Gasteiger partial charge in [-0.3, -0.25) is 9.59 Å². The predicted octanol–water partition coefficient (Wildman–Crippen LogP) is 5.46. The zero-order chi connectivity index (χ0) is 27.8. The van der Waals surface area contributed by atoms with Crippen LogP contribution in [0.5, 0.6) is 0 Å². The number of Topliss-reactive ketones (excluding diaryl/α,β-unsaturated/α-hetero) is 1. The van der Waals surface area contributed by atoms with E-state index < -0.39 is 35.6 Å². The average molecular weight is 544 g/mol. The lowest BCUT2D eigenvalue weighted by molar-refractivity contribution is -0.156. The molecule has 2 N–H and O–H groups in total. The molecule has 4 rings (SSSR count). The lowest BCUT2D eigenvalue weighted by atomic mass is 9.71. The molecule has 3 heterocycles. The molecular formula is C30H41NO6S. The number of thiazole rings is 1. The van der Waals surface area contributed by atoms with E-state index in [0.29, 0.717) is 12.8 Å². The maximum Gasteiger partial charge on any atom is 0.309 e. The normalized spacial score (nSPS) is 34.9. The van der Waals surface area contributed by atoms with Gasteiger partial charge in [-0.15, -0.1) is 17.9 Å². The van der Waals surface area contributed by atoms with Crippen LogP contribution in [-0.4, -0.2) is 50.9 Å². The van der Waals surface area contributed by atoms with Crippen LogP contribution >= 0.6 is 11.3 Å². The van der Waals surface area contributed by atoms with Crippen LogP contribution in [0.15, 0.2) is 30.9 Å². The van der Waals surface area contributed by atoms with Crippen molar-refractivity contribution in [2.24, 2.45) is 17.3 Å². The van der Waals surface area contributed by atoms with Gasteiger partial charge in [0.05, 0.1) is 51.0 Å². The van der Waals surface area contributed by atoms with E-state index >= 15 is 0 Å². The molecule has 2 aliphatic rings. The lowest BCUT2D eigenvalue weighted by Gasteiger charge is -2.35. The summed E-state index contributed by atoms with van der Waals surface area (Å²) in [6, 6.07) is 5.92. The summed E-state index contributed by atoms with van der Waals surface area (Å²) < 4.78 is 13.2. The number of benzene rings is 1. The molecule has 0 bridgehead atoms. The van der Waals surface area contributed by atoms with Crippen LogP contribution in [0.25, 0.3) is 10.2 Å². The van der Waals surface area contributed by atoms with Crippen molar-refractivity contribution in [2.45, 2.75) is 103 Å². The first-order valence-corrected chi connectivity index (χ1v) is 14.4. The molecule has 7 nitrogen and oxygen atoms in total. The Kier molecular flexibility index (Phi) is 8.48. The molecule has 2 aromatic rings. The number of ether oxygens (including phenoxy) is 2. The van der Waals surface area contributed by atoms with E-state index in [0.717, 1.165) is 40.1 Å². The average Bonchev–Trinajstić information content (AvgIpc) is 3.32. The second-order valence-corrected chi connectivity index (χ2v) is 13.1. The van der Waals surface area contributed by atoms with Crippen molar-refractivity contribution in [1.29, 1.82) is 0 Å². The Morgan fingerprint density at radius 3 is 2.68 bits per heavy atom. The molecule has 0 saturated carbocycles. The van der Waals surface area contributed by atoms with E-state index in [1.165, 1.54) is 0 Å². The first-order valence-electron chi connectivity index (χ1n) is 13.6. The molecule has 2 unspecified atom stereocenters. The minimum absolute atomic E-state index is 0.0715. The maximum atomic E-state index is 13.6. The molecule has 0 aliphatic carbocycles. The first-order chi connectivity index (χ1) is 17.9. The number of carbonyl (C=O) groups is 2. The quantitative estimate of drug-likeness (QED) is 0.301. The number of fused-ring (bicyclic) bond motifs is 2. The molecule has 208 valence electrons. The Balaban J connectivity index is 1.63. The maximum absolute atomic E-state index is 13.6. The van der Waals surface area contributed by atoms with Crippen LogP contribution in [0, 0.1) is 24.2 Å². The van der Waals surface area contributed by atoms with E-state index in [1.54, 1.807) is 31.3 Å². The molecule has 1 aromatic carbocycles. The van der Waals surface area contributed by atoms with E-state index in [4.69, 9.17) is 9.47 Å². The van der Waals surface area contributed by atoms with Gasteiger partial charge in [-0.2, -0.15) is 0 Å². The second-order valence-electron chi connectivity index (χ2n) is 11.9. The van der Waals surface area contributed by atoms with Gasteiger partial charge >= 0.3 is 5.97 Å². The summed E-state index contributed by atoms with van der Waals surface area (Å²) in [5.74, 6) is -1.68. The highest BCUT2D eigenvalue weighted by Crippen LogP contribution is 2.47. The minimum atomic E-state index is -1.27. The fourth-order valence-corrected chi connectivity index (χ4v) is 6.51. The van der Waals surface area contributed by atoms with Gasteiger partial charge in [0.25, 0.3) is 0 Å². The SMILES string of the molecule is C=CC[C@H]1C(=O)C(C)(C)[C@@H](O)CC(=O)O[C@H](c2ccc3sc(C)nc3c2)CC2OC2(C)CCC[C@H](C)[C@@H]1O. The number of hydrogen-bond acceptors (Lipinski definition) is 8. The topological polar surface area (TPSA) is 109 Å². The van der Waals surface area contributed by atoms with Crippen LogP contribution in [0.4, 0.5) is 0 Å². The monoisotopic (exact) mass is 543 g/mol. The zero-order valence-corrected chi connectivity index (χ0v) is 23.9. The Labute approximate surface area is 229 Å². The van der Waals surface area contributed by atoms with E-state index in [9.17, 15) is 19.8 Å². The molecule has 7 atom stereocenters. The Bertz CT molecular complexity index is 1190. The number of aliphatic hydroxyl groups excluding tert-OH is 2. The number of ketones is 1. The molecule has 8 heteroatoms. The number of hydrogen-bond donors (Lipinski definition) is 2. The third-order valence-corrected chi connectivity index (χ3v) is 9.49. The van der Waals surface area contributed by atoms with Crippen molar-refractivity contribution in [3.8, 4) is 0 Å². The van der Waals surface area contributed by atoms with Crippen molar-refractivity contribution in [3.05, 3.63) is 41.4 Å². The minimum Gasteiger partial charge on any atom is -0.457 e. The molecule has 38 heavy (non-hydrogen) atoms. The van der Waals surface area contributed by atoms with Gasteiger partial charge in [0.1, 0.15) is 11.9 Å². The van der Waals surface area contributed by atoms with Gasteiger partial charge in [-0.05, 0) is 56.7 Å². The van der Waals surface area contributed by atoms with Crippen molar-refractivity contribution in [1.82, 2.24) is 4.98 Å². The van der Waals surface area contributed by atoms with Gasteiger partial charge < -0.3 is 19.7 Å². The van der Waals surface area contributed by atoms with Gasteiger partial charge in [0.2, 0.25) is 0 Å². The van der Waals surface area contributed by atoms with Crippen LogP contribution in [0.1, 0.15) is 82.9 Å². The highest BCUT2D eigenvalue weighted by Gasteiger charge is 2.53. The smallest absolute Gasteiger partial charge is 0.309 e. The summed E-state index contributed by atoms with van der Waals surface area (Å²) in [6.07, 6.45) is 1.71. The van der Waals surface area contributed by atoms with Gasteiger partial charge in [-0.25, -0.2) is 4.98 Å². The number of aryl methyl sites for hydroxylation is 1. The third-order valence-electron chi connectivity index (χ3n) is 8.54. The van der Waals surface area contributed by atoms with Crippen LogP contribution in [-0.2, 0) is 19.1 Å². The molecule has 1 aromatic heterocycles. The van der Waals surface area contributed by atoms with Crippen LogP contribution in [0.3, 0.4) is 0 Å². The summed E-state index contributed by atoms with van der Waals surface area (Å²) in [5.41, 5.74) is 0.115. The highest BCUT2D eigenvalue weighted by atomic mass is 32.1. The summed E-state index contributed by atoms with van der Waals surface area (Å²) >= 11 is 1.61. The number of esters is 1. The number of cyclic esters (lactones) is 1. The first kappa shape index (κ1) is 28.9. The second kappa shape index (κ2) is 11.2. The van der Waals surface area contributed by atoms with Gasteiger partial charge in [-0.1, -0.05) is 39.3 Å². The van der Waals surface area contributed by atoms with Crippen molar-refractivity contribution in [3.63, 3.8) is 0 Å². The van der Waals surface area contributed by atoms with Crippen LogP contribution < -0.4 is 0 Å². The van der Waals surface area contributed by atoms with Crippen molar-refractivity contribution >= 4 is 33.3 Å². The predicted molar refractivity (Wildman–Crippen MR) is 148 cm³/mol. The zero-order valence-electron chi connectivity index (χ0n) is 23.1. The number of aliphatic hydroxyl groups is 2. The molecule has 2 saturated heterocycles. The highest BCUT2D eigenvalue weighted by molar-refractivity contribution is 7.18. The van der Waals surface area contributed by atoms with Crippen molar-refractivity contribution < 1.29 is 29.3 Å². The lowest BCUT2D eigenvalue weighted by Crippen LogP contribution is -2.46. The molecule has 0 amide bonds. The fourth-order valence-electron chi connectivity index (χ4n) is 5.70. The molecule has 2 fully saturated rings. The Hall–Kier alpha value is -2.13. The number of allylic oxidation sites excluding steroid dienone is 1. The van der Waals surface area contributed by atoms with Gasteiger partial charge in [0, 0.05) is 12.3 Å². The molecular weight excluding hydrogens is 502 g/mol. The summed E-state index contributed by atoms with van der Waals surface area (Å²) in [5, 5.41) is 23.2. The van der Waals surface area contributed by atoms with E-state index in [2.05, 4.69) is 18.5 Å². The number of carbonyl (C=O) groups excluding carboxylic acids is 2. The van der Waals surface area contributed by atoms with E-state index in [-0.39, 0.29) is 29.8 Å². The Morgan fingerprint density at radius 2 is 1.97 bits per heavy atom. The molecule has 0 spiro atoms. The number of nitrogens with zero attached hydrogens (tertiary/aromatic N) is 1. The summed E-state index contributed by atoms with van der Waals surface area (Å²) in [7, 11) is 0. The van der Waals surface area contributed by atoms with Gasteiger partial charge in [0.15, 0.2) is 0 Å². The summed E-state index contributed by atoms with van der Waals surface area (Å²) in [4.78, 5) is 31.3.